The zero-order valence-corrected chi connectivity index (χ0v) is 39.3. The molecule has 0 bridgehead atoms. The third-order valence-electron chi connectivity index (χ3n) is 14.8. The van der Waals surface area contributed by atoms with Crippen LogP contribution in [0.4, 0.5) is 0 Å². The Morgan fingerprint density at radius 3 is 1.29 bits per heavy atom. The van der Waals surface area contributed by atoms with Crippen molar-refractivity contribution in [1.29, 1.82) is 0 Å². The van der Waals surface area contributed by atoms with Gasteiger partial charge in [-0.2, -0.15) is 0 Å². The van der Waals surface area contributed by atoms with Crippen LogP contribution in [0.25, 0.3) is 93.6 Å². The standard InChI is InChI=1S/C66H45N3Si/c1-5-22-46(23-6-1)52-30-13-17-35-59(52)69-64-42-40-47(67-60-36-18-14-31-53(60)54-32-15-19-37-61(54)67)44-57(64)56-34-21-39-65(66(56)69)68-62-38-20-16-33-55(62)58-45-51(41-43-63(58)68)70(48-24-7-2-8-25-48,49-26-9-3-10-27-49)50-28-11-4-12-29-50/h1-45H. The molecule has 4 heteroatoms. The minimum Gasteiger partial charge on any atom is -0.309 e. The maximum absolute atomic E-state index is 2.81. The second kappa shape index (κ2) is 16.1. The van der Waals surface area contributed by atoms with E-state index in [4.69, 9.17) is 0 Å². The first-order valence-electron chi connectivity index (χ1n) is 24.2. The van der Waals surface area contributed by atoms with Crippen molar-refractivity contribution in [3.05, 3.63) is 273 Å². The van der Waals surface area contributed by atoms with Gasteiger partial charge >= 0.3 is 0 Å². The first kappa shape index (κ1) is 40.1. The Morgan fingerprint density at radius 1 is 0.243 bits per heavy atom. The molecule has 0 unspecified atom stereocenters. The molecule has 0 saturated heterocycles. The number of rotatable bonds is 8. The molecular weight excluding hydrogens is 863 g/mol. The van der Waals surface area contributed by atoms with E-state index in [0.717, 1.165) is 28.1 Å². The van der Waals surface area contributed by atoms with E-state index in [1.54, 1.807) is 0 Å². The summed E-state index contributed by atoms with van der Waals surface area (Å²) in [6.45, 7) is 0. The lowest BCUT2D eigenvalue weighted by molar-refractivity contribution is 1.13. The van der Waals surface area contributed by atoms with Crippen LogP contribution in [0.5, 0.6) is 0 Å². The molecule has 14 rings (SSSR count). The summed E-state index contributed by atoms with van der Waals surface area (Å²) in [5, 5.41) is 12.8. The van der Waals surface area contributed by atoms with E-state index in [9.17, 15) is 0 Å². The van der Waals surface area contributed by atoms with E-state index < -0.39 is 8.07 Å². The molecule has 11 aromatic carbocycles. The van der Waals surface area contributed by atoms with Gasteiger partial charge in [0.25, 0.3) is 0 Å². The van der Waals surface area contributed by atoms with Crippen LogP contribution in [0.1, 0.15) is 0 Å². The fraction of sp³-hybridized carbons (Fsp3) is 0. The van der Waals surface area contributed by atoms with Gasteiger partial charge in [-0.3, -0.25) is 0 Å². The van der Waals surface area contributed by atoms with Crippen LogP contribution in [0.3, 0.4) is 0 Å². The molecule has 0 saturated carbocycles. The zero-order chi connectivity index (χ0) is 46.2. The molecule has 0 radical (unpaired) electrons. The second-order valence-electron chi connectivity index (χ2n) is 18.4. The van der Waals surface area contributed by atoms with Crippen molar-refractivity contribution in [3.63, 3.8) is 0 Å². The SMILES string of the molecule is c1ccc(-c2ccccc2-n2c3ccc(-n4c5ccccc5c5ccccc54)cc3c3cccc(-n4c5ccccc5c5cc([Si](c6ccccc6)(c6ccccc6)c6ccccc6)ccc54)c32)cc1. The number of fused-ring (bicyclic) bond motifs is 9. The fourth-order valence-electron chi connectivity index (χ4n) is 11.9. The normalized spacial score (nSPS) is 12.0. The number of para-hydroxylation sites is 5. The third kappa shape index (κ3) is 5.94. The second-order valence-corrected chi connectivity index (χ2v) is 22.2. The molecule has 3 heterocycles. The van der Waals surface area contributed by atoms with Crippen molar-refractivity contribution in [3.8, 4) is 28.2 Å². The van der Waals surface area contributed by atoms with Crippen molar-refractivity contribution in [2.75, 3.05) is 0 Å². The number of nitrogens with zero attached hydrogens (tertiary/aromatic N) is 3. The van der Waals surface area contributed by atoms with Crippen molar-refractivity contribution in [2.24, 2.45) is 0 Å². The van der Waals surface area contributed by atoms with Crippen LogP contribution in [0.15, 0.2) is 273 Å². The quantitative estimate of drug-likeness (QED) is 0.107. The van der Waals surface area contributed by atoms with E-state index in [2.05, 4.69) is 287 Å². The molecule has 0 aliphatic heterocycles. The van der Waals surface area contributed by atoms with Crippen molar-refractivity contribution in [1.82, 2.24) is 13.7 Å². The van der Waals surface area contributed by atoms with Crippen LogP contribution in [-0.2, 0) is 0 Å². The predicted molar refractivity (Wildman–Crippen MR) is 299 cm³/mol. The highest BCUT2D eigenvalue weighted by Gasteiger charge is 2.41. The Kier molecular flexibility index (Phi) is 9.23. The molecule has 3 aromatic heterocycles. The summed E-state index contributed by atoms with van der Waals surface area (Å²) in [6.07, 6.45) is 0. The van der Waals surface area contributed by atoms with Gasteiger partial charge in [0.15, 0.2) is 8.07 Å². The molecule has 0 amide bonds. The lowest BCUT2D eigenvalue weighted by Crippen LogP contribution is -2.74. The lowest BCUT2D eigenvalue weighted by atomic mass is 10.0. The molecule has 14 aromatic rings. The van der Waals surface area contributed by atoms with Gasteiger partial charge in [0.2, 0.25) is 0 Å². The Morgan fingerprint density at radius 2 is 0.671 bits per heavy atom. The van der Waals surface area contributed by atoms with E-state index in [1.165, 1.54) is 86.3 Å². The van der Waals surface area contributed by atoms with Gasteiger partial charge in [0, 0.05) is 43.6 Å². The monoisotopic (exact) mass is 907 g/mol. The molecule has 328 valence electrons. The van der Waals surface area contributed by atoms with Crippen LogP contribution < -0.4 is 20.7 Å². The number of aromatic nitrogens is 3. The molecule has 0 aliphatic rings. The van der Waals surface area contributed by atoms with Gasteiger partial charge < -0.3 is 13.7 Å². The summed E-state index contributed by atoms with van der Waals surface area (Å²) in [4.78, 5) is 0. The molecule has 0 aliphatic carbocycles. The largest absolute Gasteiger partial charge is 0.309 e. The summed E-state index contributed by atoms with van der Waals surface area (Å²) < 4.78 is 7.50. The Balaban J connectivity index is 1.08. The van der Waals surface area contributed by atoms with Gasteiger partial charge in [0.1, 0.15) is 0 Å². The molecule has 0 fully saturated rings. The van der Waals surface area contributed by atoms with Gasteiger partial charge in [-0.05, 0) is 80.9 Å². The van der Waals surface area contributed by atoms with Crippen LogP contribution in [0.2, 0.25) is 0 Å². The van der Waals surface area contributed by atoms with E-state index >= 15 is 0 Å². The van der Waals surface area contributed by atoms with Gasteiger partial charge in [-0.25, -0.2) is 0 Å². The first-order chi connectivity index (χ1) is 34.8. The molecule has 0 spiro atoms. The van der Waals surface area contributed by atoms with Crippen LogP contribution >= 0.6 is 0 Å². The Labute approximate surface area is 407 Å². The maximum atomic E-state index is 2.53. The lowest BCUT2D eigenvalue weighted by Gasteiger charge is -2.34. The van der Waals surface area contributed by atoms with E-state index in [-0.39, 0.29) is 0 Å². The maximum Gasteiger partial charge on any atom is 0.179 e. The first-order valence-corrected chi connectivity index (χ1v) is 26.2. The smallest absolute Gasteiger partial charge is 0.179 e. The average molecular weight is 908 g/mol. The van der Waals surface area contributed by atoms with Gasteiger partial charge in [-0.1, -0.05) is 218 Å². The molecule has 0 N–H and O–H groups in total. The highest BCUT2D eigenvalue weighted by molar-refractivity contribution is 7.20. The molecule has 70 heavy (non-hydrogen) atoms. The zero-order valence-electron chi connectivity index (χ0n) is 38.3. The predicted octanol–water partition coefficient (Wildman–Crippen LogP) is 14.0. The Bertz CT molecular complexity index is 4130. The van der Waals surface area contributed by atoms with E-state index in [1.807, 2.05) is 0 Å². The third-order valence-corrected chi connectivity index (χ3v) is 19.6. The highest BCUT2D eigenvalue weighted by atomic mass is 28.3. The summed E-state index contributed by atoms with van der Waals surface area (Å²) in [7, 11) is -2.81. The number of benzene rings is 11. The number of hydrogen-bond acceptors (Lipinski definition) is 0. The summed E-state index contributed by atoms with van der Waals surface area (Å²) in [5.41, 5.74) is 12.8. The Hall–Kier alpha value is -8.96. The summed E-state index contributed by atoms with van der Waals surface area (Å²) in [5.74, 6) is 0. The summed E-state index contributed by atoms with van der Waals surface area (Å²) in [6, 6.07) is 101. The topological polar surface area (TPSA) is 14.8 Å². The van der Waals surface area contributed by atoms with Crippen molar-refractivity contribution in [2.45, 2.75) is 0 Å². The van der Waals surface area contributed by atoms with Gasteiger partial charge in [-0.15, -0.1) is 0 Å². The van der Waals surface area contributed by atoms with Crippen molar-refractivity contribution >= 4 is 94.2 Å². The molecule has 3 nitrogen and oxygen atoms in total. The summed E-state index contributed by atoms with van der Waals surface area (Å²) >= 11 is 0. The van der Waals surface area contributed by atoms with Crippen LogP contribution in [-0.4, -0.2) is 21.8 Å². The molecular formula is C66H45N3Si. The van der Waals surface area contributed by atoms with E-state index in [0.29, 0.717) is 0 Å². The van der Waals surface area contributed by atoms with Gasteiger partial charge in [0.05, 0.1) is 44.5 Å². The average Bonchev–Trinajstić information content (AvgIpc) is 4.08. The minimum absolute atomic E-state index is 1.13. The molecule has 0 atom stereocenters. The van der Waals surface area contributed by atoms with Crippen molar-refractivity contribution < 1.29 is 0 Å². The number of hydrogen-bond donors (Lipinski definition) is 0. The minimum atomic E-state index is -2.81. The fourth-order valence-corrected chi connectivity index (χ4v) is 16.6. The van der Waals surface area contributed by atoms with Crippen LogP contribution in [0, 0.1) is 0 Å². The highest BCUT2D eigenvalue weighted by Crippen LogP contribution is 2.43.